The summed E-state index contributed by atoms with van der Waals surface area (Å²) in [5, 5.41) is 11.4. The van der Waals surface area contributed by atoms with E-state index in [1.807, 2.05) is 0 Å². The third kappa shape index (κ3) is 3.98. The third-order valence-electron chi connectivity index (χ3n) is 2.91. The van der Waals surface area contributed by atoms with E-state index in [1.165, 1.54) is 32.4 Å². The molecule has 1 saturated heterocycles. The van der Waals surface area contributed by atoms with E-state index in [0.717, 1.165) is 18.8 Å². The summed E-state index contributed by atoms with van der Waals surface area (Å²) in [4.78, 5) is 2.46. The van der Waals surface area contributed by atoms with Crippen LogP contribution in [0.2, 0.25) is 10.3 Å². The van der Waals surface area contributed by atoms with E-state index in [2.05, 4.69) is 20.4 Å². The third-order valence-corrected chi connectivity index (χ3v) is 3.38. The molecule has 0 unspecified atom stereocenters. The van der Waals surface area contributed by atoms with Crippen LogP contribution in [0.4, 0.5) is 5.69 Å². The molecule has 1 aliphatic rings. The van der Waals surface area contributed by atoms with Gasteiger partial charge in [-0.3, -0.25) is 0 Å². The van der Waals surface area contributed by atoms with Crippen molar-refractivity contribution in [1.29, 1.82) is 0 Å². The van der Waals surface area contributed by atoms with E-state index in [1.54, 1.807) is 6.07 Å². The van der Waals surface area contributed by atoms with E-state index >= 15 is 0 Å². The molecule has 4 nitrogen and oxygen atoms in total. The minimum absolute atomic E-state index is 0.356. The standard InChI is InChI=1S/C11H16Cl2N4/c12-10-8-9(11(13)16-15-10)14-4-7-17-5-2-1-3-6-17/h8H,1-7H2,(H,14,15). The zero-order chi connectivity index (χ0) is 12.1. The van der Waals surface area contributed by atoms with Crippen molar-refractivity contribution >= 4 is 28.9 Å². The summed E-state index contributed by atoms with van der Waals surface area (Å²) in [6, 6.07) is 1.70. The lowest BCUT2D eigenvalue weighted by molar-refractivity contribution is 0.237. The minimum Gasteiger partial charge on any atom is -0.381 e. The highest BCUT2D eigenvalue weighted by atomic mass is 35.5. The second kappa shape index (κ2) is 6.38. The highest BCUT2D eigenvalue weighted by molar-refractivity contribution is 6.33. The van der Waals surface area contributed by atoms with Gasteiger partial charge < -0.3 is 10.2 Å². The van der Waals surface area contributed by atoms with Gasteiger partial charge in [0.2, 0.25) is 0 Å². The van der Waals surface area contributed by atoms with Gasteiger partial charge in [0.25, 0.3) is 0 Å². The number of anilines is 1. The van der Waals surface area contributed by atoms with Crippen LogP contribution in [0.5, 0.6) is 0 Å². The fraction of sp³-hybridized carbons (Fsp3) is 0.636. The summed E-state index contributed by atoms with van der Waals surface area (Å²) in [6.07, 6.45) is 3.98. The first-order valence-electron chi connectivity index (χ1n) is 5.90. The summed E-state index contributed by atoms with van der Waals surface area (Å²) in [5.41, 5.74) is 0.753. The van der Waals surface area contributed by atoms with E-state index in [9.17, 15) is 0 Å². The second-order valence-corrected chi connectivity index (χ2v) is 4.95. The molecule has 1 aromatic rings. The predicted octanol–water partition coefficient (Wildman–Crippen LogP) is 2.68. The molecule has 0 aromatic carbocycles. The molecule has 94 valence electrons. The van der Waals surface area contributed by atoms with Crippen molar-refractivity contribution < 1.29 is 0 Å². The van der Waals surface area contributed by atoms with Gasteiger partial charge in [0.05, 0.1) is 5.69 Å². The molecule has 1 aliphatic heterocycles. The van der Waals surface area contributed by atoms with Gasteiger partial charge in [-0.1, -0.05) is 29.6 Å². The Morgan fingerprint density at radius 3 is 2.71 bits per heavy atom. The van der Waals surface area contributed by atoms with Crippen LogP contribution in [0.25, 0.3) is 0 Å². The molecule has 0 atom stereocenters. The Balaban J connectivity index is 1.79. The van der Waals surface area contributed by atoms with E-state index in [0.29, 0.717) is 10.3 Å². The molecule has 0 spiro atoms. The number of hydrogen-bond acceptors (Lipinski definition) is 4. The smallest absolute Gasteiger partial charge is 0.174 e. The second-order valence-electron chi connectivity index (χ2n) is 4.20. The quantitative estimate of drug-likeness (QED) is 0.917. The van der Waals surface area contributed by atoms with Gasteiger partial charge in [-0.2, -0.15) is 0 Å². The maximum atomic E-state index is 5.91. The molecule has 6 heteroatoms. The molecule has 17 heavy (non-hydrogen) atoms. The van der Waals surface area contributed by atoms with Crippen LogP contribution in [-0.2, 0) is 0 Å². The Morgan fingerprint density at radius 2 is 1.94 bits per heavy atom. The van der Waals surface area contributed by atoms with E-state index in [-0.39, 0.29) is 0 Å². The lowest BCUT2D eigenvalue weighted by Gasteiger charge is -2.26. The van der Waals surface area contributed by atoms with Crippen molar-refractivity contribution in [3.8, 4) is 0 Å². The van der Waals surface area contributed by atoms with Crippen molar-refractivity contribution in [3.63, 3.8) is 0 Å². The molecule has 1 aromatic heterocycles. The average molecular weight is 275 g/mol. The molecule has 2 rings (SSSR count). The highest BCUT2D eigenvalue weighted by Crippen LogP contribution is 2.20. The van der Waals surface area contributed by atoms with Gasteiger partial charge in [-0.25, -0.2) is 0 Å². The fourth-order valence-corrected chi connectivity index (χ4v) is 2.31. The van der Waals surface area contributed by atoms with Gasteiger partial charge in [-0.15, -0.1) is 10.2 Å². The number of aromatic nitrogens is 2. The summed E-state index contributed by atoms with van der Waals surface area (Å²) in [7, 11) is 0. The molecule has 0 bridgehead atoms. The van der Waals surface area contributed by atoms with Crippen LogP contribution in [0.15, 0.2) is 6.07 Å². The Morgan fingerprint density at radius 1 is 1.18 bits per heavy atom. The van der Waals surface area contributed by atoms with Gasteiger partial charge in [0.15, 0.2) is 10.3 Å². The number of rotatable bonds is 4. The van der Waals surface area contributed by atoms with Crippen molar-refractivity contribution in [3.05, 3.63) is 16.4 Å². The normalized spacial score (nSPS) is 17.1. The first-order valence-corrected chi connectivity index (χ1v) is 6.66. The van der Waals surface area contributed by atoms with Crippen LogP contribution in [-0.4, -0.2) is 41.3 Å². The molecule has 0 radical (unpaired) electrons. The molecular formula is C11H16Cl2N4. The lowest BCUT2D eigenvalue weighted by atomic mass is 10.1. The number of nitrogens with one attached hydrogen (secondary N) is 1. The first kappa shape index (κ1) is 12.9. The topological polar surface area (TPSA) is 41.0 Å². The Hall–Kier alpha value is -0.580. The van der Waals surface area contributed by atoms with Gasteiger partial charge in [0, 0.05) is 19.2 Å². The summed E-state index contributed by atoms with van der Waals surface area (Å²) in [5.74, 6) is 0. The molecule has 0 aliphatic carbocycles. The molecule has 1 fully saturated rings. The highest BCUT2D eigenvalue weighted by Gasteiger charge is 2.09. The van der Waals surface area contributed by atoms with Crippen molar-refractivity contribution in [2.45, 2.75) is 19.3 Å². The lowest BCUT2D eigenvalue weighted by Crippen LogP contribution is -2.33. The molecule has 0 saturated carbocycles. The van der Waals surface area contributed by atoms with Crippen LogP contribution in [0, 0.1) is 0 Å². The monoisotopic (exact) mass is 274 g/mol. The molecule has 2 heterocycles. The van der Waals surface area contributed by atoms with Crippen molar-refractivity contribution in [2.24, 2.45) is 0 Å². The summed E-state index contributed by atoms with van der Waals surface area (Å²) < 4.78 is 0. The van der Waals surface area contributed by atoms with Crippen LogP contribution in [0.3, 0.4) is 0 Å². The Bertz CT molecular complexity index is 366. The van der Waals surface area contributed by atoms with E-state index in [4.69, 9.17) is 23.2 Å². The van der Waals surface area contributed by atoms with Gasteiger partial charge >= 0.3 is 0 Å². The van der Waals surface area contributed by atoms with Crippen LogP contribution < -0.4 is 5.32 Å². The Labute approximate surface area is 111 Å². The molecular weight excluding hydrogens is 259 g/mol. The Kier molecular flexibility index (Phi) is 4.83. The zero-order valence-electron chi connectivity index (χ0n) is 9.62. The van der Waals surface area contributed by atoms with Gasteiger partial charge in [0.1, 0.15) is 0 Å². The maximum Gasteiger partial charge on any atom is 0.174 e. The molecule has 0 amide bonds. The maximum absolute atomic E-state index is 5.91. The largest absolute Gasteiger partial charge is 0.381 e. The van der Waals surface area contributed by atoms with Gasteiger partial charge in [-0.05, 0) is 25.9 Å². The number of likely N-dealkylation sites (tertiary alicyclic amines) is 1. The summed E-state index contributed by atoms with van der Waals surface area (Å²) in [6.45, 7) is 4.27. The minimum atomic E-state index is 0.356. The fourth-order valence-electron chi connectivity index (χ4n) is 2.01. The first-order chi connectivity index (χ1) is 8.25. The number of halogens is 2. The van der Waals surface area contributed by atoms with Crippen LogP contribution >= 0.6 is 23.2 Å². The van der Waals surface area contributed by atoms with Crippen LogP contribution in [0.1, 0.15) is 19.3 Å². The van der Waals surface area contributed by atoms with Crippen molar-refractivity contribution in [2.75, 3.05) is 31.5 Å². The number of piperidine rings is 1. The average Bonchev–Trinajstić information content (AvgIpc) is 2.35. The number of hydrogen-bond donors (Lipinski definition) is 1. The zero-order valence-corrected chi connectivity index (χ0v) is 11.1. The van der Waals surface area contributed by atoms with Crippen molar-refractivity contribution in [1.82, 2.24) is 15.1 Å². The van der Waals surface area contributed by atoms with E-state index < -0.39 is 0 Å². The summed E-state index contributed by atoms with van der Waals surface area (Å²) >= 11 is 11.7. The molecule has 1 N–H and O–H groups in total. The number of nitrogens with zero attached hydrogens (tertiary/aromatic N) is 3. The SMILES string of the molecule is Clc1cc(NCCN2CCCCC2)c(Cl)nn1. The predicted molar refractivity (Wildman–Crippen MR) is 70.8 cm³/mol.